The van der Waals surface area contributed by atoms with Crippen molar-refractivity contribution in [3.05, 3.63) is 106 Å². The van der Waals surface area contributed by atoms with Gasteiger partial charge in [-0.1, -0.05) is 54.1 Å². The summed E-state index contributed by atoms with van der Waals surface area (Å²) < 4.78 is 18.5. The SMILES string of the molecule is COc1cc(/C(O)=C2/C(=O)C(=O)N(Cc3ccc(F)cc3)C2c2ccccc2)ccc1Cl. The van der Waals surface area contributed by atoms with Crippen molar-refractivity contribution in [3.63, 3.8) is 0 Å². The Morgan fingerprint density at radius 2 is 1.75 bits per heavy atom. The minimum atomic E-state index is -0.817. The highest BCUT2D eigenvalue weighted by molar-refractivity contribution is 6.46. The van der Waals surface area contributed by atoms with Crippen LogP contribution in [0.1, 0.15) is 22.7 Å². The second-order valence-corrected chi connectivity index (χ2v) is 7.72. The van der Waals surface area contributed by atoms with Crippen molar-refractivity contribution in [2.75, 3.05) is 7.11 Å². The number of hydrogen-bond donors (Lipinski definition) is 1. The first-order valence-electron chi connectivity index (χ1n) is 9.82. The van der Waals surface area contributed by atoms with Crippen molar-refractivity contribution in [1.29, 1.82) is 0 Å². The summed E-state index contributed by atoms with van der Waals surface area (Å²) in [6, 6.07) is 18.5. The summed E-state index contributed by atoms with van der Waals surface area (Å²) in [6.45, 7) is 0.0745. The molecule has 1 fully saturated rings. The Bertz CT molecular complexity index is 1210. The Kier molecular flexibility index (Phi) is 5.97. The lowest BCUT2D eigenvalue weighted by molar-refractivity contribution is -0.140. The molecule has 1 saturated heterocycles. The van der Waals surface area contributed by atoms with Crippen LogP contribution in [0.2, 0.25) is 5.02 Å². The Balaban J connectivity index is 1.85. The topological polar surface area (TPSA) is 66.8 Å². The number of nitrogens with zero attached hydrogens (tertiary/aromatic N) is 1. The molecule has 32 heavy (non-hydrogen) atoms. The zero-order chi connectivity index (χ0) is 22.8. The van der Waals surface area contributed by atoms with E-state index in [4.69, 9.17) is 16.3 Å². The zero-order valence-electron chi connectivity index (χ0n) is 17.1. The average Bonchev–Trinajstić information content (AvgIpc) is 3.06. The predicted octanol–water partition coefficient (Wildman–Crippen LogP) is 5.11. The van der Waals surface area contributed by atoms with E-state index in [1.165, 1.54) is 30.2 Å². The van der Waals surface area contributed by atoms with Crippen LogP contribution in [0.5, 0.6) is 5.75 Å². The van der Waals surface area contributed by atoms with Crippen LogP contribution in [-0.4, -0.2) is 28.8 Å². The van der Waals surface area contributed by atoms with Gasteiger partial charge in [-0.2, -0.15) is 0 Å². The number of ketones is 1. The smallest absolute Gasteiger partial charge is 0.295 e. The fourth-order valence-electron chi connectivity index (χ4n) is 3.77. The first kappa shape index (κ1) is 21.6. The fraction of sp³-hybridized carbons (Fsp3) is 0.120. The number of Topliss-reactive ketones (excluding diaryl/α,β-unsaturated/α-hetero) is 1. The number of aliphatic hydroxyl groups excluding tert-OH is 1. The third-order valence-corrected chi connectivity index (χ3v) is 5.66. The van der Waals surface area contributed by atoms with E-state index in [9.17, 15) is 19.1 Å². The molecule has 0 aliphatic carbocycles. The third-order valence-electron chi connectivity index (χ3n) is 5.35. The van der Waals surface area contributed by atoms with E-state index in [0.29, 0.717) is 27.5 Å². The van der Waals surface area contributed by atoms with Crippen LogP contribution < -0.4 is 4.74 Å². The van der Waals surface area contributed by atoms with Crippen molar-refractivity contribution in [1.82, 2.24) is 4.90 Å². The van der Waals surface area contributed by atoms with Gasteiger partial charge in [-0.25, -0.2) is 4.39 Å². The number of methoxy groups -OCH3 is 1. The van der Waals surface area contributed by atoms with Gasteiger partial charge < -0.3 is 14.7 Å². The molecule has 3 aromatic carbocycles. The van der Waals surface area contributed by atoms with Gasteiger partial charge in [0.2, 0.25) is 0 Å². The number of carbonyl (C=O) groups is 2. The number of likely N-dealkylation sites (tertiary alicyclic amines) is 1. The second-order valence-electron chi connectivity index (χ2n) is 7.31. The van der Waals surface area contributed by atoms with E-state index in [0.717, 1.165) is 0 Å². The van der Waals surface area contributed by atoms with Gasteiger partial charge in [0.1, 0.15) is 17.3 Å². The molecular formula is C25H19ClFNO4. The van der Waals surface area contributed by atoms with Crippen molar-refractivity contribution in [2.24, 2.45) is 0 Å². The molecule has 1 aliphatic rings. The first-order valence-corrected chi connectivity index (χ1v) is 10.2. The summed E-state index contributed by atoms with van der Waals surface area (Å²) in [6.07, 6.45) is 0. The predicted molar refractivity (Wildman–Crippen MR) is 119 cm³/mol. The first-order chi connectivity index (χ1) is 15.4. The van der Waals surface area contributed by atoms with Gasteiger partial charge >= 0.3 is 0 Å². The van der Waals surface area contributed by atoms with Crippen LogP contribution in [0, 0.1) is 5.82 Å². The van der Waals surface area contributed by atoms with Crippen LogP contribution in [0.15, 0.2) is 78.4 Å². The minimum Gasteiger partial charge on any atom is -0.507 e. The molecule has 0 bridgehead atoms. The van der Waals surface area contributed by atoms with Crippen molar-refractivity contribution in [2.45, 2.75) is 12.6 Å². The molecule has 3 aromatic rings. The lowest BCUT2D eigenvalue weighted by Crippen LogP contribution is -2.29. The quantitative estimate of drug-likeness (QED) is 0.332. The van der Waals surface area contributed by atoms with Gasteiger partial charge in [0, 0.05) is 12.1 Å². The van der Waals surface area contributed by atoms with Crippen molar-refractivity contribution in [3.8, 4) is 5.75 Å². The van der Waals surface area contributed by atoms with Gasteiger partial charge in [-0.05, 0) is 41.5 Å². The molecule has 1 N–H and O–H groups in total. The number of carbonyl (C=O) groups excluding carboxylic acids is 2. The number of halogens is 2. The monoisotopic (exact) mass is 451 g/mol. The van der Waals surface area contributed by atoms with Gasteiger partial charge in [-0.15, -0.1) is 0 Å². The number of benzene rings is 3. The van der Waals surface area contributed by atoms with E-state index in [2.05, 4.69) is 0 Å². The molecule has 1 unspecified atom stereocenters. The highest BCUT2D eigenvalue weighted by Gasteiger charge is 2.46. The molecule has 1 aliphatic heterocycles. The summed E-state index contributed by atoms with van der Waals surface area (Å²) in [5, 5.41) is 11.5. The third kappa shape index (κ3) is 3.97. The van der Waals surface area contributed by atoms with Crippen LogP contribution in [-0.2, 0) is 16.1 Å². The van der Waals surface area contributed by atoms with Crippen molar-refractivity contribution < 1.29 is 23.8 Å². The number of amides is 1. The van der Waals surface area contributed by atoms with E-state index in [-0.39, 0.29) is 17.9 Å². The Labute approximate surface area is 189 Å². The van der Waals surface area contributed by atoms with E-state index >= 15 is 0 Å². The fourth-order valence-corrected chi connectivity index (χ4v) is 3.97. The standard InChI is InChI=1S/C25H19ClFNO4/c1-32-20-13-17(9-12-19(20)26)23(29)21-22(16-5-3-2-4-6-16)28(25(31)24(21)30)14-15-7-10-18(27)11-8-15/h2-13,22,29H,14H2,1H3/b23-21-. The molecule has 4 rings (SSSR count). The van der Waals surface area contributed by atoms with Crippen LogP contribution >= 0.6 is 11.6 Å². The normalized spacial score (nSPS) is 17.6. The molecule has 7 heteroatoms. The van der Waals surface area contributed by atoms with Crippen molar-refractivity contribution >= 4 is 29.1 Å². The molecule has 1 heterocycles. The summed E-state index contributed by atoms with van der Waals surface area (Å²) in [7, 11) is 1.44. The molecular weight excluding hydrogens is 433 g/mol. The molecule has 5 nitrogen and oxygen atoms in total. The van der Waals surface area contributed by atoms with Crippen LogP contribution in [0.25, 0.3) is 5.76 Å². The maximum atomic E-state index is 13.3. The Morgan fingerprint density at radius 3 is 2.41 bits per heavy atom. The van der Waals surface area contributed by atoms with E-state index < -0.39 is 23.5 Å². The summed E-state index contributed by atoms with van der Waals surface area (Å²) in [5.74, 6) is -1.94. The molecule has 162 valence electrons. The number of aliphatic hydroxyl groups is 1. The van der Waals surface area contributed by atoms with Gasteiger partial charge in [0.15, 0.2) is 0 Å². The van der Waals surface area contributed by atoms with Crippen LogP contribution in [0.4, 0.5) is 4.39 Å². The van der Waals surface area contributed by atoms with E-state index in [1.807, 2.05) is 6.07 Å². The summed E-state index contributed by atoms with van der Waals surface area (Å²) >= 11 is 6.08. The average molecular weight is 452 g/mol. The molecule has 0 saturated carbocycles. The molecule has 1 atom stereocenters. The van der Waals surface area contributed by atoms with E-state index in [1.54, 1.807) is 48.5 Å². The largest absolute Gasteiger partial charge is 0.507 e. The number of ether oxygens (including phenoxy) is 1. The van der Waals surface area contributed by atoms with Gasteiger partial charge in [-0.3, -0.25) is 9.59 Å². The molecule has 0 radical (unpaired) electrons. The zero-order valence-corrected chi connectivity index (χ0v) is 17.8. The molecule has 0 spiro atoms. The minimum absolute atomic E-state index is 0.0345. The highest BCUT2D eigenvalue weighted by Crippen LogP contribution is 2.41. The lowest BCUT2D eigenvalue weighted by atomic mass is 9.95. The molecule has 0 aromatic heterocycles. The Morgan fingerprint density at radius 1 is 1.06 bits per heavy atom. The Hall–Kier alpha value is -3.64. The van der Waals surface area contributed by atoms with Gasteiger partial charge in [0.25, 0.3) is 11.7 Å². The highest BCUT2D eigenvalue weighted by atomic mass is 35.5. The number of rotatable bonds is 5. The maximum absolute atomic E-state index is 13.3. The van der Waals surface area contributed by atoms with Gasteiger partial charge in [0.05, 0.1) is 23.7 Å². The summed E-state index contributed by atoms with van der Waals surface area (Å²) in [5.41, 5.74) is 1.58. The number of hydrogen-bond acceptors (Lipinski definition) is 4. The maximum Gasteiger partial charge on any atom is 0.295 e. The summed E-state index contributed by atoms with van der Waals surface area (Å²) in [4.78, 5) is 27.4. The molecule has 1 amide bonds. The second kappa shape index (κ2) is 8.85. The van der Waals surface area contributed by atoms with Crippen LogP contribution in [0.3, 0.4) is 0 Å². The lowest BCUT2D eigenvalue weighted by Gasteiger charge is -2.25.